The summed E-state index contributed by atoms with van der Waals surface area (Å²) >= 11 is 0. The number of rotatable bonds is 4. The van der Waals surface area contributed by atoms with E-state index in [0.717, 1.165) is 11.4 Å². The summed E-state index contributed by atoms with van der Waals surface area (Å²) in [6, 6.07) is 5.92. The summed E-state index contributed by atoms with van der Waals surface area (Å²) in [4.78, 5) is 11.8. The van der Waals surface area contributed by atoms with Crippen LogP contribution in [0.15, 0.2) is 18.2 Å². The number of carbonyl (C=O) groups is 1. The Bertz CT molecular complexity index is 470. The van der Waals surface area contributed by atoms with Crippen LogP contribution >= 0.6 is 0 Å². The molecular formula is C14H18N2O3. The van der Waals surface area contributed by atoms with E-state index >= 15 is 0 Å². The minimum absolute atomic E-state index is 0.0224. The van der Waals surface area contributed by atoms with Gasteiger partial charge in [-0.1, -0.05) is 12.8 Å². The Morgan fingerprint density at radius 2 is 2.00 bits per heavy atom. The molecular weight excluding hydrogens is 244 g/mol. The number of benzene rings is 1. The zero-order valence-corrected chi connectivity index (χ0v) is 10.8. The summed E-state index contributed by atoms with van der Waals surface area (Å²) < 4.78 is 10.5. The van der Waals surface area contributed by atoms with Gasteiger partial charge in [-0.2, -0.15) is 0 Å². The van der Waals surface area contributed by atoms with Crippen molar-refractivity contribution in [2.45, 2.75) is 31.7 Å². The second kappa shape index (κ2) is 5.48. The fraction of sp³-hybridized carbons (Fsp3) is 0.500. The number of ether oxygens (including phenoxy) is 2. The SMILES string of the molecule is O=C(CNC1CCCC1)Nc1ccc2c(c1)OCO2. The molecule has 19 heavy (non-hydrogen) atoms. The molecule has 0 unspecified atom stereocenters. The Kier molecular flexibility index (Phi) is 3.55. The molecule has 2 N–H and O–H groups in total. The number of nitrogens with one attached hydrogen (secondary N) is 2. The molecule has 1 aromatic carbocycles. The summed E-state index contributed by atoms with van der Waals surface area (Å²) in [6.45, 7) is 0.606. The van der Waals surface area contributed by atoms with Crippen LogP contribution in [0, 0.1) is 0 Å². The fourth-order valence-corrected chi connectivity index (χ4v) is 2.55. The molecule has 5 nitrogen and oxygen atoms in total. The van der Waals surface area contributed by atoms with Gasteiger partial charge in [0, 0.05) is 17.8 Å². The second-order valence-corrected chi connectivity index (χ2v) is 4.98. The van der Waals surface area contributed by atoms with Crippen molar-refractivity contribution in [3.05, 3.63) is 18.2 Å². The Labute approximate surface area is 112 Å². The van der Waals surface area contributed by atoms with Crippen LogP contribution < -0.4 is 20.1 Å². The van der Waals surface area contributed by atoms with Crippen LogP contribution in [0.3, 0.4) is 0 Å². The van der Waals surface area contributed by atoms with E-state index in [1.807, 2.05) is 12.1 Å². The lowest BCUT2D eigenvalue weighted by Gasteiger charge is -2.11. The Balaban J connectivity index is 1.51. The van der Waals surface area contributed by atoms with Gasteiger partial charge in [0.2, 0.25) is 12.7 Å². The summed E-state index contributed by atoms with van der Waals surface area (Å²) in [5, 5.41) is 6.14. The van der Waals surface area contributed by atoms with E-state index in [1.54, 1.807) is 6.07 Å². The van der Waals surface area contributed by atoms with Crippen molar-refractivity contribution in [3.8, 4) is 11.5 Å². The summed E-state index contributed by atoms with van der Waals surface area (Å²) in [7, 11) is 0. The van der Waals surface area contributed by atoms with Crippen molar-refractivity contribution in [2.75, 3.05) is 18.7 Å². The fourth-order valence-electron chi connectivity index (χ4n) is 2.55. The Morgan fingerprint density at radius 3 is 2.84 bits per heavy atom. The van der Waals surface area contributed by atoms with Gasteiger partial charge in [0.05, 0.1) is 6.54 Å². The first kappa shape index (κ1) is 12.3. The van der Waals surface area contributed by atoms with Gasteiger partial charge in [0.1, 0.15) is 0 Å². The zero-order valence-electron chi connectivity index (χ0n) is 10.8. The van der Waals surface area contributed by atoms with Gasteiger partial charge in [-0.05, 0) is 25.0 Å². The van der Waals surface area contributed by atoms with Crippen molar-refractivity contribution < 1.29 is 14.3 Å². The first-order chi connectivity index (χ1) is 9.31. The van der Waals surface area contributed by atoms with E-state index in [2.05, 4.69) is 10.6 Å². The maximum absolute atomic E-state index is 11.8. The van der Waals surface area contributed by atoms with Crippen molar-refractivity contribution >= 4 is 11.6 Å². The minimum atomic E-state index is -0.0224. The Morgan fingerprint density at radius 1 is 1.21 bits per heavy atom. The smallest absolute Gasteiger partial charge is 0.238 e. The number of hydrogen-bond donors (Lipinski definition) is 2. The molecule has 0 bridgehead atoms. The number of hydrogen-bond acceptors (Lipinski definition) is 4. The molecule has 0 spiro atoms. The largest absolute Gasteiger partial charge is 0.454 e. The predicted octanol–water partition coefficient (Wildman–Crippen LogP) is 1.89. The predicted molar refractivity (Wildman–Crippen MR) is 71.5 cm³/mol. The van der Waals surface area contributed by atoms with Gasteiger partial charge in [-0.25, -0.2) is 0 Å². The molecule has 5 heteroatoms. The molecule has 1 aromatic rings. The number of anilines is 1. The lowest BCUT2D eigenvalue weighted by Crippen LogP contribution is -2.34. The molecule has 0 radical (unpaired) electrons. The summed E-state index contributed by atoms with van der Waals surface area (Å²) in [6.07, 6.45) is 4.89. The molecule has 102 valence electrons. The highest BCUT2D eigenvalue weighted by molar-refractivity contribution is 5.92. The van der Waals surface area contributed by atoms with E-state index in [-0.39, 0.29) is 12.7 Å². The molecule has 3 rings (SSSR count). The topological polar surface area (TPSA) is 59.6 Å². The van der Waals surface area contributed by atoms with Gasteiger partial charge in [0.15, 0.2) is 11.5 Å². The molecule has 1 amide bonds. The molecule has 1 heterocycles. The van der Waals surface area contributed by atoms with Gasteiger partial charge < -0.3 is 20.1 Å². The van der Waals surface area contributed by atoms with Gasteiger partial charge in [-0.15, -0.1) is 0 Å². The minimum Gasteiger partial charge on any atom is -0.454 e. The van der Waals surface area contributed by atoms with Crippen LogP contribution in [-0.4, -0.2) is 25.3 Å². The Hall–Kier alpha value is -1.75. The third-order valence-electron chi connectivity index (χ3n) is 3.56. The third-order valence-corrected chi connectivity index (χ3v) is 3.56. The number of fused-ring (bicyclic) bond motifs is 1. The normalized spacial score (nSPS) is 17.7. The lowest BCUT2D eigenvalue weighted by molar-refractivity contribution is -0.115. The molecule has 0 aromatic heterocycles. The van der Waals surface area contributed by atoms with Crippen LogP contribution in [0.1, 0.15) is 25.7 Å². The maximum atomic E-state index is 11.8. The standard InChI is InChI=1S/C14H18N2O3/c17-14(8-15-10-3-1-2-4-10)16-11-5-6-12-13(7-11)19-9-18-12/h5-7,10,15H,1-4,8-9H2,(H,16,17). The van der Waals surface area contributed by atoms with Crippen LogP contribution in [0.25, 0.3) is 0 Å². The first-order valence-electron chi connectivity index (χ1n) is 6.74. The van der Waals surface area contributed by atoms with Gasteiger partial charge >= 0.3 is 0 Å². The molecule has 1 saturated carbocycles. The van der Waals surface area contributed by atoms with E-state index in [1.165, 1.54) is 25.7 Å². The van der Waals surface area contributed by atoms with Crippen molar-refractivity contribution in [2.24, 2.45) is 0 Å². The number of carbonyl (C=O) groups excluding carboxylic acids is 1. The molecule has 2 aliphatic rings. The highest BCUT2D eigenvalue weighted by atomic mass is 16.7. The maximum Gasteiger partial charge on any atom is 0.238 e. The van der Waals surface area contributed by atoms with Crippen LogP contribution in [-0.2, 0) is 4.79 Å². The van der Waals surface area contributed by atoms with Gasteiger partial charge in [-0.3, -0.25) is 4.79 Å². The average molecular weight is 262 g/mol. The number of amides is 1. The average Bonchev–Trinajstić information content (AvgIpc) is 3.07. The van der Waals surface area contributed by atoms with E-state index < -0.39 is 0 Å². The monoisotopic (exact) mass is 262 g/mol. The summed E-state index contributed by atoms with van der Waals surface area (Å²) in [5.41, 5.74) is 0.738. The van der Waals surface area contributed by atoms with E-state index in [4.69, 9.17) is 9.47 Å². The van der Waals surface area contributed by atoms with Crippen molar-refractivity contribution in [1.29, 1.82) is 0 Å². The zero-order chi connectivity index (χ0) is 13.1. The van der Waals surface area contributed by atoms with Crippen molar-refractivity contribution in [3.63, 3.8) is 0 Å². The van der Waals surface area contributed by atoms with E-state index in [9.17, 15) is 4.79 Å². The van der Waals surface area contributed by atoms with Gasteiger partial charge in [0.25, 0.3) is 0 Å². The molecule has 0 saturated heterocycles. The third kappa shape index (κ3) is 2.98. The summed E-state index contributed by atoms with van der Waals surface area (Å²) in [5.74, 6) is 1.38. The highest BCUT2D eigenvalue weighted by Crippen LogP contribution is 2.34. The second-order valence-electron chi connectivity index (χ2n) is 4.98. The van der Waals surface area contributed by atoms with Crippen LogP contribution in [0.2, 0.25) is 0 Å². The van der Waals surface area contributed by atoms with Crippen molar-refractivity contribution in [1.82, 2.24) is 5.32 Å². The van der Waals surface area contributed by atoms with E-state index in [0.29, 0.717) is 18.3 Å². The molecule has 0 atom stereocenters. The molecule has 1 aliphatic heterocycles. The van der Waals surface area contributed by atoms with Crippen LogP contribution in [0.4, 0.5) is 5.69 Å². The lowest BCUT2D eigenvalue weighted by atomic mass is 10.2. The quantitative estimate of drug-likeness (QED) is 0.870. The molecule has 1 aliphatic carbocycles. The highest BCUT2D eigenvalue weighted by Gasteiger charge is 2.16. The first-order valence-corrected chi connectivity index (χ1v) is 6.74. The van der Waals surface area contributed by atoms with Crippen LogP contribution in [0.5, 0.6) is 11.5 Å². The molecule has 1 fully saturated rings.